The predicted octanol–water partition coefficient (Wildman–Crippen LogP) is 11.1. The van der Waals surface area contributed by atoms with Gasteiger partial charge in [-0.3, -0.25) is 14.4 Å². The Balaban J connectivity index is 0.657. The fourth-order valence-corrected chi connectivity index (χ4v) is 13.0. The van der Waals surface area contributed by atoms with Crippen LogP contribution in [-0.2, 0) is 12.8 Å². The number of fused-ring (bicyclic) bond motifs is 3. The molecule has 0 radical (unpaired) electrons. The fourth-order valence-electron chi connectivity index (χ4n) is 13.0. The van der Waals surface area contributed by atoms with Crippen LogP contribution in [0, 0.1) is 0 Å². The highest BCUT2D eigenvalue weighted by atomic mass is 16.5. The standard InChI is InChI=1S/C70H66N14O8/c1-44(2)60-63(66(87)74-49-17-9-10-18-49)91-69-77-67(78-84(60)69)89-57-25-13-24-56(40-57)88-55-23-12-16-48(39-55)47-15-11-14-46(36-47)38-59-62(65(86)76-51-32-35-80(41-51)53-21-7-4-8-22-53)92-70-81(43-73-83(59)70)54-28-26-45(27-29-54)37-58-61(90-68-71-42-72-82(58)68)64(85)75-50-30-33-79(34-31-50)52-19-5-3-6-20-52/h3-8,11-16,19-29,36,39-40,42-44,49-51H,9-10,17-18,30-35,37-38,41H2,1-2H3,(H2-,74,75,76,85,86,87)/p+1. The van der Waals surface area contributed by atoms with E-state index < -0.39 is 0 Å². The summed E-state index contributed by atoms with van der Waals surface area (Å²) in [7, 11) is 0. The van der Waals surface area contributed by atoms with Crippen LogP contribution < -0.4 is 39.8 Å². The van der Waals surface area contributed by atoms with Crippen LogP contribution in [0.2, 0.25) is 0 Å². The normalized spacial score (nSPS) is 15.5. The van der Waals surface area contributed by atoms with Crippen LogP contribution >= 0.6 is 0 Å². The SMILES string of the molecule is CC(C)c1c(C(=O)NC2CCCC2)oc2nc(Oc3cccc(Oc4cccc(-c5cccc(Cc6c(C(=O)NC7CCN(c8ccccc8)C7)oc7n6nc[n+]7-c6ccc(Cc7c(C(=O)NC8CCN(c9ccccc9)CC8)oc8ncnn78)cc6)c5)c4)c3)nn12. The first kappa shape index (κ1) is 57.4. The molecule has 464 valence electrons. The molecule has 3 N–H and O–H groups in total. The molecule has 15 rings (SSSR count). The smallest absolute Gasteiger partial charge is 0.447 e. The Bertz CT molecular complexity index is 4650. The van der Waals surface area contributed by atoms with Gasteiger partial charge in [0.05, 0.1) is 5.69 Å². The second-order valence-electron chi connectivity index (χ2n) is 24.2. The summed E-state index contributed by atoms with van der Waals surface area (Å²) < 4.78 is 38.0. The third-order valence-corrected chi connectivity index (χ3v) is 17.6. The number of benzene rings is 6. The van der Waals surface area contributed by atoms with Crippen LogP contribution in [0.3, 0.4) is 0 Å². The van der Waals surface area contributed by atoms with Gasteiger partial charge in [-0.25, -0.2) is 0 Å². The number of carbonyl (C=O) groups is 3. The molecule has 6 aromatic carbocycles. The van der Waals surface area contributed by atoms with Crippen LogP contribution in [-0.4, -0.2) is 101 Å². The number of hydrogen-bond donors (Lipinski definition) is 3. The number of rotatable bonds is 19. The number of amides is 3. The molecule has 2 aliphatic heterocycles. The molecule has 3 aliphatic rings. The van der Waals surface area contributed by atoms with Crippen molar-refractivity contribution in [2.45, 2.75) is 95.7 Å². The van der Waals surface area contributed by atoms with Crippen molar-refractivity contribution in [1.29, 1.82) is 0 Å². The van der Waals surface area contributed by atoms with Gasteiger partial charge in [-0.1, -0.05) is 118 Å². The molecule has 1 aliphatic carbocycles. The zero-order valence-corrected chi connectivity index (χ0v) is 50.9. The third kappa shape index (κ3) is 11.8. The van der Waals surface area contributed by atoms with Crippen LogP contribution in [0.25, 0.3) is 34.3 Å². The van der Waals surface area contributed by atoms with Crippen LogP contribution in [0.15, 0.2) is 184 Å². The first-order valence-corrected chi connectivity index (χ1v) is 31.5. The molecule has 22 nitrogen and oxygen atoms in total. The molecule has 1 atom stereocenters. The largest absolute Gasteiger partial charge is 0.457 e. The number of anilines is 2. The number of nitrogens with one attached hydrogen (secondary N) is 3. The molecule has 22 heteroatoms. The number of piperidine rings is 1. The summed E-state index contributed by atoms with van der Waals surface area (Å²) in [6.07, 6.45) is 10.2. The zero-order chi connectivity index (χ0) is 62.2. The second kappa shape index (κ2) is 24.7. The number of ether oxygens (including phenoxy) is 2. The van der Waals surface area contributed by atoms with Crippen molar-refractivity contribution in [2.24, 2.45) is 0 Å². The maximum absolute atomic E-state index is 14.7. The Labute approximate surface area is 528 Å². The van der Waals surface area contributed by atoms with Gasteiger partial charge in [0, 0.05) is 79.7 Å². The average Bonchev–Trinajstić information content (AvgIpc) is 1.63. The average molecular weight is 1230 g/mol. The second-order valence-corrected chi connectivity index (χ2v) is 24.2. The lowest BCUT2D eigenvalue weighted by molar-refractivity contribution is -0.576. The van der Waals surface area contributed by atoms with E-state index in [1.165, 1.54) is 12.0 Å². The van der Waals surface area contributed by atoms with Crippen molar-refractivity contribution in [3.05, 3.63) is 216 Å². The van der Waals surface area contributed by atoms with Gasteiger partial charge in [0.15, 0.2) is 5.69 Å². The molecule has 0 spiro atoms. The zero-order valence-electron chi connectivity index (χ0n) is 50.9. The summed E-state index contributed by atoms with van der Waals surface area (Å²) in [6.45, 7) is 7.08. The van der Waals surface area contributed by atoms with Crippen LogP contribution in [0.1, 0.15) is 125 Å². The molecule has 92 heavy (non-hydrogen) atoms. The van der Waals surface area contributed by atoms with Gasteiger partial charge in [0.25, 0.3) is 24.0 Å². The van der Waals surface area contributed by atoms with E-state index in [1.54, 1.807) is 32.0 Å². The molecular weight excluding hydrogens is 1160 g/mol. The Morgan fingerprint density at radius 1 is 0.554 bits per heavy atom. The van der Waals surface area contributed by atoms with E-state index in [2.05, 4.69) is 76.2 Å². The van der Waals surface area contributed by atoms with E-state index in [1.807, 2.05) is 134 Å². The summed E-state index contributed by atoms with van der Waals surface area (Å²) in [5, 5.41) is 23.5. The Morgan fingerprint density at radius 2 is 1.14 bits per heavy atom. The molecule has 2 saturated heterocycles. The molecule has 1 unspecified atom stereocenters. The Morgan fingerprint density at radius 3 is 1.88 bits per heavy atom. The Hall–Kier alpha value is -11.0. The van der Waals surface area contributed by atoms with E-state index in [-0.39, 0.29) is 76.7 Å². The molecule has 1 saturated carbocycles. The van der Waals surface area contributed by atoms with Crippen molar-refractivity contribution in [1.82, 2.24) is 54.8 Å². The molecule has 12 aromatic rings. The lowest BCUT2D eigenvalue weighted by Gasteiger charge is -2.33. The minimum Gasteiger partial charge on any atom is -0.457 e. The fraction of sp³-hybridized carbons (Fsp3) is 0.271. The molecule has 0 bridgehead atoms. The summed E-state index contributed by atoms with van der Waals surface area (Å²) in [6, 6.07) is 51.7. The van der Waals surface area contributed by atoms with Gasteiger partial charge in [-0.05, 0) is 125 Å². The first-order chi connectivity index (χ1) is 45.1. The van der Waals surface area contributed by atoms with Gasteiger partial charge in [-0.2, -0.15) is 23.7 Å². The van der Waals surface area contributed by atoms with Crippen LogP contribution in [0.5, 0.6) is 23.3 Å². The van der Waals surface area contributed by atoms with Gasteiger partial charge in [-0.15, -0.1) is 10.1 Å². The van der Waals surface area contributed by atoms with E-state index in [4.69, 9.17) is 27.8 Å². The van der Waals surface area contributed by atoms with Gasteiger partial charge in [0.2, 0.25) is 17.3 Å². The van der Waals surface area contributed by atoms with E-state index >= 15 is 0 Å². The van der Waals surface area contributed by atoms with E-state index in [9.17, 15) is 14.4 Å². The molecule has 3 amide bonds. The van der Waals surface area contributed by atoms with Crippen LogP contribution in [0.4, 0.5) is 11.4 Å². The minimum atomic E-state index is -0.329. The molecule has 3 fully saturated rings. The number of aromatic nitrogens is 9. The van der Waals surface area contributed by atoms with Crippen molar-refractivity contribution < 1.29 is 41.7 Å². The lowest BCUT2D eigenvalue weighted by atomic mass is 10.0. The monoisotopic (exact) mass is 1230 g/mol. The lowest BCUT2D eigenvalue weighted by Crippen LogP contribution is -2.44. The van der Waals surface area contributed by atoms with E-state index in [0.717, 1.165) is 98.2 Å². The van der Waals surface area contributed by atoms with Gasteiger partial charge >= 0.3 is 23.5 Å². The summed E-state index contributed by atoms with van der Waals surface area (Å²) in [5.74, 6) is 1.95. The van der Waals surface area contributed by atoms with Crippen molar-refractivity contribution >= 4 is 46.6 Å². The summed E-state index contributed by atoms with van der Waals surface area (Å²) in [4.78, 5) is 55.3. The van der Waals surface area contributed by atoms with Crippen molar-refractivity contribution in [3.63, 3.8) is 0 Å². The summed E-state index contributed by atoms with van der Waals surface area (Å²) >= 11 is 0. The number of oxazole rings is 3. The predicted molar refractivity (Wildman–Crippen MR) is 341 cm³/mol. The minimum absolute atomic E-state index is 0.0107. The topological polar surface area (TPSA) is 233 Å². The number of para-hydroxylation sites is 2. The summed E-state index contributed by atoms with van der Waals surface area (Å²) in [5.41, 5.74) is 8.48. The van der Waals surface area contributed by atoms with Gasteiger partial charge in [0.1, 0.15) is 35.0 Å². The highest BCUT2D eigenvalue weighted by molar-refractivity contribution is 5.94. The highest BCUT2D eigenvalue weighted by Crippen LogP contribution is 2.34. The first-order valence-electron chi connectivity index (χ1n) is 31.5. The van der Waals surface area contributed by atoms with Crippen molar-refractivity contribution in [3.8, 4) is 40.1 Å². The van der Waals surface area contributed by atoms with E-state index in [0.29, 0.717) is 59.6 Å². The maximum atomic E-state index is 14.7. The number of carbonyl (C=O) groups excluding carboxylic acids is 3. The quantitative estimate of drug-likeness (QED) is 0.0639. The number of nitrogens with zero attached hydrogens (tertiary/aromatic N) is 11. The number of hydrogen-bond acceptors (Lipinski definition) is 15. The maximum Gasteiger partial charge on any atom is 0.447 e. The Kier molecular flexibility index (Phi) is 15.4. The molecule has 6 aromatic heterocycles. The molecular formula is C70H67N14O8+. The highest BCUT2D eigenvalue weighted by Gasteiger charge is 2.35. The third-order valence-electron chi connectivity index (χ3n) is 17.6. The van der Waals surface area contributed by atoms with Gasteiger partial charge < -0.3 is 48.5 Å². The van der Waals surface area contributed by atoms with Crippen molar-refractivity contribution in [2.75, 3.05) is 36.0 Å². The molecule has 8 heterocycles.